The number of amides is 1. The molecule has 1 saturated carbocycles. The quantitative estimate of drug-likeness (QED) is 0.604. The van der Waals surface area contributed by atoms with E-state index in [1.165, 1.54) is 0 Å². The zero-order chi connectivity index (χ0) is 18.6. The first-order chi connectivity index (χ1) is 11.6. The van der Waals surface area contributed by atoms with Gasteiger partial charge in [0.05, 0.1) is 19.1 Å². The number of hydrogen-bond acceptors (Lipinski definition) is 7. The molecule has 1 aliphatic carbocycles. The van der Waals surface area contributed by atoms with Gasteiger partial charge in [0, 0.05) is 6.42 Å². The number of carbonyl (C=O) groups excluding carboxylic acids is 3. The molecule has 8 heteroatoms. The fourth-order valence-electron chi connectivity index (χ4n) is 2.36. The van der Waals surface area contributed by atoms with E-state index in [0.29, 0.717) is 6.42 Å². The average molecular weight is 357 g/mol. The Kier molecular flexibility index (Phi) is 6.26. The molecule has 8 nitrogen and oxygen atoms in total. The van der Waals surface area contributed by atoms with Crippen molar-refractivity contribution in [3.8, 4) is 0 Å². The molecule has 142 valence electrons. The molecule has 1 aliphatic heterocycles. The van der Waals surface area contributed by atoms with Gasteiger partial charge in [-0.1, -0.05) is 0 Å². The Morgan fingerprint density at radius 1 is 1.20 bits per heavy atom. The fraction of sp³-hybridized carbons (Fsp3) is 0.824. The minimum absolute atomic E-state index is 0.00734. The molecule has 0 aromatic rings. The molecule has 2 rings (SSSR count). The molecular formula is C17H27NO7. The standard InChI is InChI=1S/C17H27NO7/c1-10-7-12(24-14(19)11-5-6-11)8-22-9-13(15(20)23-10)18-16(21)25-17(2,3)4/h10-13H,5-9H2,1-4H3,(H,18,21)/t10?,12?,13-/m0/s1. The van der Waals surface area contributed by atoms with Gasteiger partial charge in [0.1, 0.15) is 17.8 Å². The summed E-state index contributed by atoms with van der Waals surface area (Å²) in [7, 11) is 0. The first kappa shape index (κ1) is 19.5. The van der Waals surface area contributed by atoms with Crippen LogP contribution in [-0.4, -0.2) is 55.1 Å². The normalized spacial score (nSPS) is 28.0. The predicted molar refractivity (Wildman–Crippen MR) is 86.8 cm³/mol. The summed E-state index contributed by atoms with van der Waals surface area (Å²) in [5, 5.41) is 2.46. The zero-order valence-corrected chi connectivity index (χ0v) is 15.2. The van der Waals surface area contributed by atoms with Crippen LogP contribution < -0.4 is 5.32 Å². The average Bonchev–Trinajstić information content (AvgIpc) is 3.27. The van der Waals surface area contributed by atoms with E-state index in [1.807, 2.05) is 0 Å². The number of carbonyl (C=O) groups is 3. The van der Waals surface area contributed by atoms with Crippen molar-refractivity contribution in [2.45, 2.75) is 70.8 Å². The van der Waals surface area contributed by atoms with E-state index in [2.05, 4.69) is 5.32 Å². The monoisotopic (exact) mass is 357 g/mol. The van der Waals surface area contributed by atoms with E-state index in [9.17, 15) is 14.4 Å². The van der Waals surface area contributed by atoms with Gasteiger partial charge >= 0.3 is 18.0 Å². The first-order valence-electron chi connectivity index (χ1n) is 8.62. The molecule has 1 amide bonds. The molecule has 1 heterocycles. The fourth-order valence-corrected chi connectivity index (χ4v) is 2.36. The van der Waals surface area contributed by atoms with E-state index >= 15 is 0 Å². The van der Waals surface area contributed by atoms with Gasteiger partial charge in [-0.2, -0.15) is 0 Å². The summed E-state index contributed by atoms with van der Waals surface area (Å²) in [6.07, 6.45) is 0.410. The highest BCUT2D eigenvalue weighted by Crippen LogP contribution is 2.31. The lowest BCUT2D eigenvalue weighted by atomic mass is 10.2. The predicted octanol–water partition coefficient (Wildman–Crippen LogP) is 1.55. The Labute approximate surface area is 147 Å². The summed E-state index contributed by atoms with van der Waals surface area (Å²) in [4.78, 5) is 35.9. The molecule has 1 N–H and O–H groups in total. The van der Waals surface area contributed by atoms with E-state index in [0.717, 1.165) is 12.8 Å². The van der Waals surface area contributed by atoms with Gasteiger partial charge in [-0.05, 0) is 40.5 Å². The first-order valence-corrected chi connectivity index (χ1v) is 8.62. The lowest BCUT2D eigenvalue weighted by Crippen LogP contribution is -2.47. The molecule has 25 heavy (non-hydrogen) atoms. The number of esters is 2. The molecule has 0 bridgehead atoms. The third-order valence-electron chi connectivity index (χ3n) is 3.67. The number of nitrogens with one attached hydrogen (secondary N) is 1. The third kappa shape index (κ3) is 6.89. The van der Waals surface area contributed by atoms with Crippen LogP contribution >= 0.6 is 0 Å². The maximum atomic E-state index is 12.2. The Morgan fingerprint density at radius 2 is 1.88 bits per heavy atom. The summed E-state index contributed by atoms with van der Waals surface area (Å²) in [6, 6.07) is -0.977. The van der Waals surface area contributed by atoms with Crippen molar-refractivity contribution < 1.29 is 33.3 Å². The van der Waals surface area contributed by atoms with Gasteiger partial charge in [-0.25, -0.2) is 9.59 Å². The number of cyclic esters (lactones) is 1. The summed E-state index contributed by atoms with van der Waals surface area (Å²) in [6.45, 7) is 6.96. The number of hydrogen-bond donors (Lipinski definition) is 1. The highest BCUT2D eigenvalue weighted by molar-refractivity contribution is 5.81. The van der Waals surface area contributed by atoms with Crippen molar-refractivity contribution in [1.29, 1.82) is 0 Å². The Bertz CT molecular complexity index is 510. The maximum absolute atomic E-state index is 12.2. The summed E-state index contributed by atoms with van der Waals surface area (Å²) < 4.78 is 21.4. The summed E-state index contributed by atoms with van der Waals surface area (Å²) >= 11 is 0. The van der Waals surface area contributed by atoms with Crippen LogP contribution in [0.5, 0.6) is 0 Å². The van der Waals surface area contributed by atoms with Crippen LogP contribution in [0.1, 0.15) is 47.0 Å². The number of alkyl carbamates (subject to hydrolysis) is 1. The third-order valence-corrected chi connectivity index (χ3v) is 3.67. The molecule has 2 fully saturated rings. The Hall–Kier alpha value is -1.83. The molecule has 1 saturated heterocycles. The van der Waals surface area contributed by atoms with Gasteiger partial charge in [-0.3, -0.25) is 4.79 Å². The van der Waals surface area contributed by atoms with Gasteiger partial charge in [0.2, 0.25) is 0 Å². The van der Waals surface area contributed by atoms with E-state index in [1.54, 1.807) is 27.7 Å². The zero-order valence-electron chi connectivity index (χ0n) is 15.2. The van der Waals surface area contributed by atoms with E-state index in [-0.39, 0.29) is 25.1 Å². The van der Waals surface area contributed by atoms with Crippen LogP contribution in [-0.2, 0) is 28.5 Å². The van der Waals surface area contributed by atoms with Crippen molar-refractivity contribution in [2.75, 3.05) is 13.2 Å². The van der Waals surface area contributed by atoms with Gasteiger partial charge in [0.15, 0.2) is 6.04 Å². The largest absolute Gasteiger partial charge is 0.461 e. The van der Waals surface area contributed by atoms with Gasteiger partial charge < -0.3 is 24.3 Å². The molecule has 0 aromatic carbocycles. The van der Waals surface area contributed by atoms with Gasteiger partial charge in [-0.15, -0.1) is 0 Å². The van der Waals surface area contributed by atoms with Crippen LogP contribution in [0.15, 0.2) is 0 Å². The van der Waals surface area contributed by atoms with E-state index in [4.69, 9.17) is 18.9 Å². The molecule has 2 unspecified atom stereocenters. The lowest BCUT2D eigenvalue weighted by molar-refractivity contribution is -0.156. The summed E-state index contributed by atoms with van der Waals surface area (Å²) in [5.74, 6) is -0.839. The minimum atomic E-state index is -0.977. The van der Waals surface area contributed by atoms with Crippen molar-refractivity contribution in [2.24, 2.45) is 5.92 Å². The topological polar surface area (TPSA) is 100 Å². The second-order valence-corrected chi connectivity index (χ2v) is 7.55. The lowest BCUT2D eigenvalue weighted by Gasteiger charge is -2.23. The summed E-state index contributed by atoms with van der Waals surface area (Å²) in [5.41, 5.74) is -0.678. The van der Waals surface area contributed by atoms with Gasteiger partial charge in [0.25, 0.3) is 0 Å². The SMILES string of the molecule is CC1CC(OC(=O)C2CC2)COC[C@H](NC(=O)OC(C)(C)C)C(=O)O1. The number of ether oxygens (including phenoxy) is 4. The Morgan fingerprint density at radius 3 is 2.48 bits per heavy atom. The van der Waals surface area contributed by atoms with Crippen molar-refractivity contribution in [3.63, 3.8) is 0 Å². The molecule has 0 aromatic heterocycles. The highest BCUT2D eigenvalue weighted by atomic mass is 16.6. The maximum Gasteiger partial charge on any atom is 0.408 e. The van der Waals surface area contributed by atoms with Crippen LogP contribution in [0.4, 0.5) is 4.79 Å². The molecule has 2 aliphatic rings. The van der Waals surface area contributed by atoms with Crippen molar-refractivity contribution in [1.82, 2.24) is 5.32 Å². The molecule has 3 atom stereocenters. The molecule has 0 radical (unpaired) electrons. The van der Waals surface area contributed by atoms with Crippen LogP contribution in [0, 0.1) is 5.92 Å². The minimum Gasteiger partial charge on any atom is -0.461 e. The highest BCUT2D eigenvalue weighted by Gasteiger charge is 2.35. The van der Waals surface area contributed by atoms with Crippen LogP contribution in [0.3, 0.4) is 0 Å². The van der Waals surface area contributed by atoms with Crippen LogP contribution in [0.2, 0.25) is 0 Å². The smallest absolute Gasteiger partial charge is 0.408 e. The second-order valence-electron chi connectivity index (χ2n) is 7.55. The molecule has 0 spiro atoms. The van der Waals surface area contributed by atoms with E-state index < -0.39 is 35.9 Å². The van der Waals surface area contributed by atoms with Crippen LogP contribution in [0.25, 0.3) is 0 Å². The van der Waals surface area contributed by atoms with Crippen molar-refractivity contribution in [3.05, 3.63) is 0 Å². The molecular weight excluding hydrogens is 330 g/mol. The van der Waals surface area contributed by atoms with Crippen molar-refractivity contribution >= 4 is 18.0 Å². The number of rotatable bonds is 3. The second kappa shape index (κ2) is 8.03. The Balaban J connectivity index is 1.91.